The molecule has 2 rings (SSSR count). The molecule has 0 aliphatic heterocycles. The van der Waals surface area contributed by atoms with E-state index in [9.17, 15) is 4.79 Å². The van der Waals surface area contributed by atoms with Crippen molar-refractivity contribution in [2.45, 2.75) is 24.6 Å². The summed E-state index contributed by atoms with van der Waals surface area (Å²) in [6.07, 6.45) is 1.59. The van der Waals surface area contributed by atoms with Crippen LogP contribution in [0.1, 0.15) is 18.2 Å². The number of carbonyl (C=O) groups excluding carboxylic acids is 1. The van der Waals surface area contributed by atoms with Crippen molar-refractivity contribution in [3.8, 4) is 0 Å². The van der Waals surface area contributed by atoms with Gasteiger partial charge in [0, 0.05) is 5.75 Å². The third kappa shape index (κ3) is 3.46. The number of aromatic nitrogens is 1. The van der Waals surface area contributed by atoms with Crippen molar-refractivity contribution in [3.63, 3.8) is 0 Å². The van der Waals surface area contributed by atoms with E-state index in [0.29, 0.717) is 17.5 Å². The second-order valence-electron chi connectivity index (χ2n) is 4.71. The molecule has 0 aliphatic rings. The Hall–Kier alpha value is -1.79. The molecule has 0 radical (unpaired) electrons. The molecule has 21 heavy (non-hydrogen) atoms. The lowest BCUT2D eigenvalue weighted by atomic mass is 9.91. The number of primary amides is 1. The third-order valence-electron chi connectivity index (χ3n) is 3.18. The molecule has 0 saturated carbocycles. The van der Waals surface area contributed by atoms with Crippen LogP contribution in [0, 0.1) is 6.92 Å². The lowest BCUT2D eigenvalue weighted by Crippen LogP contribution is -2.54. The van der Waals surface area contributed by atoms with E-state index in [2.05, 4.69) is 10.3 Å². The molecule has 6 heteroatoms. The Morgan fingerprint density at radius 3 is 2.67 bits per heavy atom. The van der Waals surface area contributed by atoms with Gasteiger partial charge in [0.15, 0.2) is 0 Å². The maximum atomic E-state index is 12.1. The molecule has 1 heterocycles. The number of thioether (sulfide) groups is 1. The van der Waals surface area contributed by atoms with Gasteiger partial charge < -0.3 is 10.2 Å². The van der Waals surface area contributed by atoms with Gasteiger partial charge >= 0.3 is 0 Å². The Balaban J connectivity index is 2.28. The summed E-state index contributed by atoms with van der Waals surface area (Å²) in [6, 6.07) is 9.49. The first-order valence-electron chi connectivity index (χ1n) is 6.74. The monoisotopic (exact) mass is 305 g/mol. The maximum Gasteiger partial charge on any atom is 0.255 e. The minimum absolute atomic E-state index is 0.411. The van der Waals surface area contributed by atoms with Crippen LogP contribution in [0.5, 0.6) is 0 Å². The summed E-state index contributed by atoms with van der Waals surface area (Å²) < 4.78 is 5.33. The van der Waals surface area contributed by atoms with Crippen molar-refractivity contribution < 1.29 is 9.21 Å². The minimum Gasteiger partial charge on any atom is -0.440 e. The van der Waals surface area contributed by atoms with E-state index in [-0.39, 0.29) is 0 Å². The SMILES string of the molecule is CCNC(CSc1nc(C)co1)(C(N)=O)c1ccccc1. The first kappa shape index (κ1) is 15.6. The fourth-order valence-corrected chi connectivity index (χ4v) is 3.21. The normalized spacial score (nSPS) is 13.8. The average molecular weight is 305 g/mol. The second kappa shape index (κ2) is 6.78. The first-order chi connectivity index (χ1) is 10.1. The molecule has 1 aromatic heterocycles. The van der Waals surface area contributed by atoms with Gasteiger partial charge in [0.2, 0.25) is 5.91 Å². The number of likely N-dealkylation sites (N-methyl/N-ethyl adjacent to an activating group) is 1. The van der Waals surface area contributed by atoms with Gasteiger partial charge in [-0.3, -0.25) is 10.1 Å². The zero-order valence-electron chi connectivity index (χ0n) is 12.1. The fraction of sp³-hybridized carbons (Fsp3) is 0.333. The molecule has 5 nitrogen and oxygen atoms in total. The number of oxazole rings is 1. The Bertz CT molecular complexity index is 600. The molecule has 0 saturated heterocycles. The van der Waals surface area contributed by atoms with Gasteiger partial charge in [0.25, 0.3) is 5.22 Å². The predicted molar refractivity (Wildman–Crippen MR) is 83.0 cm³/mol. The number of benzene rings is 1. The van der Waals surface area contributed by atoms with Gasteiger partial charge in [-0.05, 0) is 19.0 Å². The van der Waals surface area contributed by atoms with E-state index in [1.807, 2.05) is 44.2 Å². The van der Waals surface area contributed by atoms with Gasteiger partial charge in [0.05, 0.1) is 5.69 Å². The molecule has 0 aliphatic carbocycles. The Labute approximate surface area is 128 Å². The van der Waals surface area contributed by atoms with Crippen molar-refractivity contribution >= 4 is 17.7 Å². The van der Waals surface area contributed by atoms with E-state index in [0.717, 1.165) is 11.3 Å². The molecule has 112 valence electrons. The van der Waals surface area contributed by atoms with Gasteiger partial charge in [-0.25, -0.2) is 4.98 Å². The summed E-state index contributed by atoms with van der Waals surface area (Å²) in [6.45, 7) is 4.43. The molecular formula is C15H19N3O2S. The zero-order valence-corrected chi connectivity index (χ0v) is 12.9. The number of hydrogen-bond acceptors (Lipinski definition) is 5. The number of nitrogens with two attached hydrogens (primary N) is 1. The van der Waals surface area contributed by atoms with Gasteiger partial charge in [-0.2, -0.15) is 0 Å². The van der Waals surface area contributed by atoms with Crippen LogP contribution in [0.15, 0.2) is 46.2 Å². The van der Waals surface area contributed by atoms with Crippen molar-refractivity contribution in [3.05, 3.63) is 47.9 Å². The van der Waals surface area contributed by atoms with Gasteiger partial charge in [-0.1, -0.05) is 49.0 Å². The highest BCUT2D eigenvalue weighted by molar-refractivity contribution is 7.99. The van der Waals surface area contributed by atoms with Crippen molar-refractivity contribution in [2.75, 3.05) is 12.3 Å². The summed E-state index contributed by atoms with van der Waals surface area (Å²) in [5, 5.41) is 3.76. The molecule has 1 aromatic carbocycles. The number of nitrogens with zero attached hydrogens (tertiary/aromatic N) is 1. The highest BCUT2D eigenvalue weighted by atomic mass is 32.2. The number of aryl methyl sites for hydroxylation is 1. The van der Waals surface area contributed by atoms with E-state index in [1.54, 1.807) is 6.26 Å². The molecule has 1 amide bonds. The van der Waals surface area contributed by atoms with Crippen LogP contribution in [0.2, 0.25) is 0 Å². The quantitative estimate of drug-likeness (QED) is 0.765. The maximum absolute atomic E-state index is 12.1. The standard InChI is InChI=1S/C15H19N3O2S/c1-3-17-15(13(16)19,12-7-5-4-6-8-12)10-21-14-18-11(2)9-20-14/h4-9,17H,3,10H2,1-2H3,(H2,16,19). The zero-order chi connectivity index (χ0) is 15.3. The summed E-state index contributed by atoms with van der Waals surface area (Å²) >= 11 is 1.37. The van der Waals surface area contributed by atoms with Crippen LogP contribution < -0.4 is 11.1 Å². The van der Waals surface area contributed by atoms with Crippen molar-refractivity contribution in [1.29, 1.82) is 0 Å². The molecule has 1 atom stereocenters. The fourth-order valence-electron chi connectivity index (χ4n) is 2.13. The summed E-state index contributed by atoms with van der Waals surface area (Å²) in [7, 11) is 0. The number of hydrogen-bond donors (Lipinski definition) is 2. The number of rotatable bonds is 7. The third-order valence-corrected chi connectivity index (χ3v) is 4.19. The van der Waals surface area contributed by atoms with Gasteiger partial charge in [-0.15, -0.1) is 0 Å². The number of carbonyl (C=O) groups is 1. The highest BCUT2D eigenvalue weighted by Gasteiger charge is 2.38. The molecule has 0 bridgehead atoms. The largest absolute Gasteiger partial charge is 0.440 e. The second-order valence-corrected chi connectivity index (χ2v) is 5.64. The molecule has 2 aromatic rings. The lowest BCUT2D eigenvalue weighted by molar-refractivity contribution is -0.123. The van der Waals surface area contributed by atoms with E-state index >= 15 is 0 Å². The Morgan fingerprint density at radius 1 is 1.43 bits per heavy atom. The first-order valence-corrected chi connectivity index (χ1v) is 7.72. The van der Waals surface area contributed by atoms with Crippen LogP contribution in [-0.4, -0.2) is 23.2 Å². The number of amides is 1. The Kier molecular flexibility index (Phi) is 5.03. The van der Waals surface area contributed by atoms with Crippen LogP contribution in [0.25, 0.3) is 0 Å². The smallest absolute Gasteiger partial charge is 0.255 e. The van der Waals surface area contributed by atoms with Crippen molar-refractivity contribution in [1.82, 2.24) is 10.3 Å². The minimum atomic E-state index is -0.941. The molecular weight excluding hydrogens is 286 g/mol. The highest BCUT2D eigenvalue weighted by Crippen LogP contribution is 2.29. The molecule has 0 spiro atoms. The summed E-state index contributed by atoms with van der Waals surface area (Å²) in [5.74, 6) is 0.00600. The number of nitrogens with one attached hydrogen (secondary N) is 1. The van der Waals surface area contributed by atoms with Crippen LogP contribution in [0.4, 0.5) is 0 Å². The van der Waals surface area contributed by atoms with Crippen molar-refractivity contribution in [2.24, 2.45) is 5.73 Å². The van der Waals surface area contributed by atoms with E-state index < -0.39 is 11.4 Å². The van der Waals surface area contributed by atoms with Crippen LogP contribution in [-0.2, 0) is 10.3 Å². The Morgan fingerprint density at radius 2 is 2.14 bits per heavy atom. The lowest BCUT2D eigenvalue weighted by Gasteiger charge is -2.31. The molecule has 1 unspecified atom stereocenters. The summed E-state index contributed by atoms with van der Waals surface area (Å²) in [5.41, 5.74) is 6.41. The van der Waals surface area contributed by atoms with Crippen LogP contribution in [0.3, 0.4) is 0 Å². The predicted octanol–water partition coefficient (Wildman–Crippen LogP) is 2.07. The van der Waals surface area contributed by atoms with Crippen LogP contribution >= 0.6 is 11.8 Å². The average Bonchev–Trinajstić information content (AvgIpc) is 2.90. The van der Waals surface area contributed by atoms with E-state index in [4.69, 9.17) is 10.2 Å². The summed E-state index contributed by atoms with van der Waals surface area (Å²) in [4.78, 5) is 16.4. The topological polar surface area (TPSA) is 81.2 Å². The molecule has 3 N–H and O–H groups in total. The molecule has 0 fully saturated rings. The van der Waals surface area contributed by atoms with E-state index in [1.165, 1.54) is 11.8 Å². The van der Waals surface area contributed by atoms with Gasteiger partial charge in [0.1, 0.15) is 11.8 Å².